The average Bonchev–Trinajstić information content (AvgIpc) is 3.11. The smallest absolute Gasteiger partial charge is 0.269 e. The second-order valence-corrected chi connectivity index (χ2v) is 5.96. The molecule has 0 aliphatic rings. The van der Waals surface area contributed by atoms with Crippen LogP contribution in [0, 0.1) is 0 Å². The molecule has 3 rings (SSSR count). The van der Waals surface area contributed by atoms with E-state index in [1.165, 1.54) is 5.56 Å². The summed E-state index contributed by atoms with van der Waals surface area (Å²) in [4.78, 5) is 12.2. The van der Waals surface area contributed by atoms with Crippen LogP contribution in [0.25, 0.3) is 11.3 Å². The first kappa shape index (κ1) is 16.3. The first-order valence-electron chi connectivity index (χ1n) is 7.83. The molecule has 0 bridgehead atoms. The number of hydrogen-bond acceptors (Lipinski definition) is 2. The van der Waals surface area contributed by atoms with Crippen molar-refractivity contribution in [2.24, 2.45) is 0 Å². The highest BCUT2D eigenvalue weighted by Gasteiger charge is 2.10. The van der Waals surface area contributed by atoms with Gasteiger partial charge in [0.25, 0.3) is 5.91 Å². The summed E-state index contributed by atoms with van der Waals surface area (Å²) >= 11 is 5.88. The predicted molar refractivity (Wildman–Crippen MR) is 96.0 cm³/mol. The van der Waals surface area contributed by atoms with Gasteiger partial charge in [-0.15, -0.1) is 0 Å². The second kappa shape index (κ2) is 7.32. The topological polar surface area (TPSA) is 57.8 Å². The highest BCUT2D eigenvalue weighted by Crippen LogP contribution is 2.20. The number of aromatic nitrogens is 2. The molecule has 4 nitrogen and oxygen atoms in total. The largest absolute Gasteiger partial charge is 0.347 e. The molecule has 1 amide bonds. The molecule has 24 heavy (non-hydrogen) atoms. The van der Waals surface area contributed by atoms with Crippen molar-refractivity contribution in [1.29, 1.82) is 0 Å². The highest BCUT2D eigenvalue weighted by atomic mass is 35.5. The molecule has 2 N–H and O–H groups in total. The van der Waals surface area contributed by atoms with Crippen LogP contribution in [-0.4, -0.2) is 16.1 Å². The van der Waals surface area contributed by atoms with Crippen LogP contribution in [0.3, 0.4) is 0 Å². The summed E-state index contributed by atoms with van der Waals surface area (Å²) in [5.41, 5.74) is 4.41. The number of halogens is 1. The van der Waals surface area contributed by atoms with Gasteiger partial charge in [-0.05, 0) is 35.7 Å². The summed E-state index contributed by atoms with van der Waals surface area (Å²) < 4.78 is 0. The number of carbonyl (C=O) groups excluding carboxylic acids is 1. The number of H-pyrrole nitrogens is 1. The van der Waals surface area contributed by atoms with Crippen LogP contribution in [0.15, 0.2) is 54.6 Å². The molecule has 1 heterocycles. The minimum absolute atomic E-state index is 0.178. The van der Waals surface area contributed by atoms with Gasteiger partial charge in [0.2, 0.25) is 0 Å². The lowest BCUT2D eigenvalue weighted by molar-refractivity contribution is 0.0946. The lowest BCUT2D eigenvalue weighted by Gasteiger charge is -2.04. The number of carbonyl (C=O) groups is 1. The maximum Gasteiger partial charge on any atom is 0.269 e. The van der Waals surface area contributed by atoms with Gasteiger partial charge in [0, 0.05) is 17.1 Å². The van der Waals surface area contributed by atoms with E-state index in [0.29, 0.717) is 23.0 Å². The van der Waals surface area contributed by atoms with Gasteiger partial charge in [-0.3, -0.25) is 9.89 Å². The van der Waals surface area contributed by atoms with E-state index in [4.69, 9.17) is 11.6 Å². The Balaban J connectivity index is 1.64. The van der Waals surface area contributed by atoms with Crippen LogP contribution in [0.5, 0.6) is 0 Å². The molecule has 3 aromatic rings. The number of aromatic amines is 1. The number of hydrogen-bond donors (Lipinski definition) is 2. The summed E-state index contributed by atoms with van der Waals surface area (Å²) in [5, 5.41) is 10.5. The van der Waals surface area contributed by atoms with Crippen LogP contribution in [0.2, 0.25) is 5.02 Å². The molecule has 0 aliphatic carbocycles. The fourth-order valence-electron chi connectivity index (χ4n) is 2.38. The summed E-state index contributed by atoms with van der Waals surface area (Å²) in [6.45, 7) is 2.60. The second-order valence-electron chi connectivity index (χ2n) is 5.53. The third kappa shape index (κ3) is 3.84. The summed E-state index contributed by atoms with van der Waals surface area (Å²) in [5.74, 6) is -0.178. The Morgan fingerprint density at radius 1 is 1.08 bits per heavy atom. The molecule has 0 atom stereocenters. The Morgan fingerprint density at radius 2 is 1.75 bits per heavy atom. The van der Waals surface area contributed by atoms with Crippen LogP contribution >= 0.6 is 11.6 Å². The quantitative estimate of drug-likeness (QED) is 0.731. The average molecular weight is 340 g/mol. The van der Waals surface area contributed by atoms with Crippen molar-refractivity contribution < 1.29 is 4.79 Å². The van der Waals surface area contributed by atoms with Gasteiger partial charge in [-0.2, -0.15) is 5.10 Å². The minimum atomic E-state index is -0.178. The fraction of sp³-hybridized carbons (Fsp3) is 0.158. The normalized spacial score (nSPS) is 10.6. The molecule has 2 aromatic carbocycles. The van der Waals surface area contributed by atoms with E-state index in [0.717, 1.165) is 17.5 Å². The molecule has 1 aromatic heterocycles. The monoisotopic (exact) mass is 339 g/mol. The first-order chi connectivity index (χ1) is 11.7. The Labute approximate surface area is 145 Å². The number of rotatable bonds is 5. The molecule has 0 unspecified atom stereocenters. The summed E-state index contributed by atoms with van der Waals surface area (Å²) in [6, 6.07) is 17.3. The summed E-state index contributed by atoms with van der Waals surface area (Å²) in [6.07, 6.45) is 1.01. The Hall–Kier alpha value is -2.59. The molecular formula is C19H18ClN3O. The van der Waals surface area contributed by atoms with Crippen LogP contribution in [0.4, 0.5) is 0 Å². The summed E-state index contributed by atoms with van der Waals surface area (Å²) in [7, 11) is 0. The fourth-order valence-corrected chi connectivity index (χ4v) is 2.50. The highest BCUT2D eigenvalue weighted by molar-refractivity contribution is 6.30. The lowest BCUT2D eigenvalue weighted by atomic mass is 10.1. The van der Waals surface area contributed by atoms with E-state index in [2.05, 4.69) is 34.6 Å². The number of benzene rings is 2. The molecule has 0 fully saturated rings. The Bertz CT molecular complexity index is 823. The van der Waals surface area contributed by atoms with Crippen molar-refractivity contribution in [3.8, 4) is 11.3 Å². The first-order valence-corrected chi connectivity index (χ1v) is 8.21. The van der Waals surface area contributed by atoms with Gasteiger partial charge < -0.3 is 5.32 Å². The molecule has 0 spiro atoms. The van der Waals surface area contributed by atoms with Crippen molar-refractivity contribution in [2.75, 3.05) is 0 Å². The predicted octanol–water partition coefficient (Wildman–Crippen LogP) is 4.22. The molecule has 122 valence electrons. The molecule has 0 radical (unpaired) electrons. The zero-order valence-electron chi connectivity index (χ0n) is 13.3. The minimum Gasteiger partial charge on any atom is -0.347 e. The molecule has 0 aliphatic heterocycles. The number of nitrogens with one attached hydrogen (secondary N) is 2. The zero-order chi connectivity index (χ0) is 16.9. The number of amides is 1. The van der Waals surface area contributed by atoms with Crippen molar-refractivity contribution >= 4 is 17.5 Å². The number of nitrogens with zero attached hydrogens (tertiary/aromatic N) is 1. The van der Waals surface area contributed by atoms with E-state index in [1.807, 2.05) is 24.3 Å². The van der Waals surface area contributed by atoms with E-state index >= 15 is 0 Å². The van der Waals surface area contributed by atoms with E-state index in [1.54, 1.807) is 18.2 Å². The Kier molecular flexibility index (Phi) is 4.96. The standard InChI is InChI=1S/C19H18ClN3O/c1-2-13-3-5-14(6-4-13)12-21-19(24)18-11-17(22-23-18)15-7-9-16(20)10-8-15/h3-11H,2,12H2,1H3,(H,21,24)(H,22,23). The van der Waals surface area contributed by atoms with Gasteiger partial charge >= 0.3 is 0 Å². The zero-order valence-corrected chi connectivity index (χ0v) is 14.1. The van der Waals surface area contributed by atoms with Gasteiger partial charge in [0.1, 0.15) is 5.69 Å². The van der Waals surface area contributed by atoms with E-state index < -0.39 is 0 Å². The van der Waals surface area contributed by atoms with Gasteiger partial charge in [-0.1, -0.05) is 54.9 Å². The molecule has 5 heteroatoms. The van der Waals surface area contributed by atoms with Crippen molar-refractivity contribution in [3.05, 3.63) is 76.4 Å². The van der Waals surface area contributed by atoms with Crippen molar-refractivity contribution in [1.82, 2.24) is 15.5 Å². The van der Waals surface area contributed by atoms with Crippen molar-refractivity contribution in [2.45, 2.75) is 19.9 Å². The van der Waals surface area contributed by atoms with Gasteiger partial charge in [0.05, 0.1) is 5.69 Å². The molecular weight excluding hydrogens is 322 g/mol. The maximum absolute atomic E-state index is 12.2. The third-order valence-corrected chi connectivity index (χ3v) is 4.10. The van der Waals surface area contributed by atoms with E-state index in [9.17, 15) is 4.79 Å². The number of aryl methyl sites for hydroxylation is 1. The maximum atomic E-state index is 12.2. The SMILES string of the molecule is CCc1ccc(CNC(=O)c2cc(-c3ccc(Cl)cc3)n[nH]2)cc1. The van der Waals surface area contributed by atoms with Crippen molar-refractivity contribution in [3.63, 3.8) is 0 Å². The third-order valence-electron chi connectivity index (χ3n) is 3.85. The lowest BCUT2D eigenvalue weighted by Crippen LogP contribution is -2.23. The molecule has 0 saturated carbocycles. The van der Waals surface area contributed by atoms with Crippen LogP contribution in [0.1, 0.15) is 28.5 Å². The van der Waals surface area contributed by atoms with E-state index in [-0.39, 0.29) is 5.91 Å². The van der Waals surface area contributed by atoms with Gasteiger partial charge in [-0.25, -0.2) is 0 Å². The van der Waals surface area contributed by atoms with Crippen LogP contribution in [-0.2, 0) is 13.0 Å². The Morgan fingerprint density at radius 3 is 2.42 bits per heavy atom. The van der Waals surface area contributed by atoms with Gasteiger partial charge in [0.15, 0.2) is 0 Å². The van der Waals surface area contributed by atoms with Crippen LogP contribution < -0.4 is 5.32 Å². The molecule has 0 saturated heterocycles.